The summed E-state index contributed by atoms with van der Waals surface area (Å²) in [6.45, 7) is 4.67. The second-order valence-corrected chi connectivity index (χ2v) is 5.14. The number of hydrogen-bond donors (Lipinski definition) is 1. The van der Waals surface area contributed by atoms with Gasteiger partial charge in [-0.25, -0.2) is 4.39 Å². The molecular formula is C16H17ClFNO. The third-order valence-corrected chi connectivity index (χ3v) is 3.58. The zero-order valence-corrected chi connectivity index (χ0v) is 12.3. The highest BCUT2D eigenvalue weighted by Gasteiger charge is 2.09. The summed E-state index contributed by atoms with van der Waals surface area (Å²) >= 11 is 5.92. The van der Waals surface area contributed by atoms with E-state index in [0.29, 0.717) is 12.1 Å². The molecule has 2 nitrogen and oxygen atoms in total. The van der Waals surface area contributed by atoms with E-state index in [2.05, 4.69) is 0 Å². The van der Waals surface area contributed by atoms with Gasteiger partial charge in [0.1, 0.15) is 18.2 Å². The smallest absolute Gasteiger partial charge is 0.142 e. The van der Waals surface area contributed by atoms with Gasteiger partial charge >= 0.3 is 0 Å². The van der Waals surface area contributed by atoms with Crippen molar-refractivity contribution in [2.24, 2.45) is 5.73 Å². The lowest BCUT2D eigenvalue weighted by Gasteiger charge is -2.14. The molecule has 0 bridgehead atoms. The van der Waals surface area contributed by atoms with E-state index in [4.69, 9.17) is 22.1 Å². The van der Waals surface area contributed by atoms with E-state index < -0.39 is 5.82 Å². The minimum atomic E-state index is -0.431. The average molecular weight is 294 g/mol. The first-order valence-electron chi connectivity index (χ1n) is 6.38. The van der Waals surface area contributed by atoms with Gasteiger partial charge in [-0.05, 0) is 36.6 Å². The number of halogens is 2. The van der Waals surface area contributed by atoms with Crippen molar-refractivity contribution in [2.75, 3.05) is 0 Å². The molecule has 0 aromatic heterocycles. The maximum absolute atomic E-state index is 13.4. The standard InChI is InChI=1S/C16H17ClFNO/c1-10-6-12(8-19)7-11(2)16(10)20-9-13-4-3-5-14(18)15(13)17/h3-7H,8-9,19H2,1-2H3. The van der Waals surface area contributed by atoms with Crippen LogP contribution in [0.25, 0.3) is 0 Å². The van der Waals surface area contributed by atoms with Gasteiger partial charge < -0.3 is 10.5 Å². The van der Waals surface area contributed by atoms with E-state index in [0.717, 1.165) is 22.4 Å². The van der Waals surface area contributed by atoms with E-state index in [1.807, 2.05) is 26.0 Å². The third kappa shape index (κ3) is 3.11. The van der Waals surface area contributed by atoms with Crippen LogP contribution >= 0.6 is 11.6 Å². The number of hydrogen-bond acceptors (Lipinski definition) is 2. The van der Waals surface area contributed by atoms with Crippen LogP contribution in [0, 0.1) is 19.7 Å². The van der Waals surface area contributed by atoms with E-state index >= 15 is 0 Å². The van der Waals surface area contributed by atoms with E-state index in [9.17, 15) is 4.39 Å². The normalized spacial score (nSPS) is 10.7. The van der Waals surface area contributed by atoms with Crippen LogP contribution in [0.3, 0.4) is 0 Å². The predicted molar refractivity (Wildman–Crippen MR) is 79.5 cm³/mol. The summed E-state index contributed by atoms with van der Waals surface area (Å²) < 4.78 is 19.2. The van der Waals surface area contributed by atoms with Gasteiger partial charge in [0, 0.05) is 12.1 Å². The molecule has 0 unspecified atom stereocenters. The lowest BCUT2D eigenvalue weighted by Crippen LogP contribution is -2.03. The van der Waals surface area contributed by atoms with Crippen LogP contribution in [0.1, 0.15) is 22.3 Å². The fourth-order valence-electron chi connectivity index (χ4n) is 2.20. The molecule has 2 aromatic rings. The monoisotopic (exact) mass is 293 g/mol. The Kier molecular flexibility index (Phi) is 4.63. The van der Waals surface area contributed by atoms with Gasteiger partial charge in [-0.3, -0.25) is 0 Å². The highest BCUT2D eigenvalue weighted by molar-refractivity contribution is 6.31. The van der Waals surface area contributed by atoms with Crippen LogP contribution < -0.4 is 10.5 Å². The van der Waals surface area contributed by atoms with E-state index in [1.54, 1.807) is 12.1 Å². The molecule has 2 rings (SSSR count). The maximum Gasteiger partial charge on any atom is 0.142 e. The van der Waals surface area contributed by atoms with Crippen molar-refractivity contribution < 1.29 is 9.13 Å². The molecule has 106 valence electrons. The minimum Gasteiger partial charge on any atom is -0.488 e. The molecule has 20 heavy (non-hydrogen) atoms. The molecule has 0 saturated heterocycles. The molecule has 0 radical (unpaired) electrons. The lowest BCUT2D eigenvalue weighted by molar-refractivity contribution is 0.301. The topological polar surface area (TPSA) is 35.2 Å². The van der Waals surface area contributed by atoms with Gasteiger partial charge in [0.15, 0.2) is 0 Å². The minimum absolute atomic E-state index is 0.112. The number of rotatable bonds is 4. The molecule has 4 heteroatoms. The Hall–Kier alpha value is -1.58. The Morgan fingerprint density at radius 3 is 2.45 bits per heavy atom. The lowest BCUT2D eigenvalue weighted by atomic mass is 10.1. The van der Waals surface area contributed by atoms with Gasteiger partial charge in [-0.15, -0.1) is 0 Å². The summed E-state index contributed by atoms with van der Waals surface area (Å²) in [5, 5.41) is 0.112. The predicted octanol–water partition coefficient (Wildman–Crippen LogP) is 4.13. The first kappa shape index (κ1) is 14.8. The molecule has 0 atom stereocenters. The summed E-state index contributed by atoms with van der Waals surface area (Å²) in [5.74, 6) is 0.363. The summed E-state index contributed by atoms with van der Waals surface area (Å²) in [6, 6.07) is 8.70. The van der Waals surface area contributed by atoms with Crippen LogP contribution in [0.4, 0.5) is 4.39 Å². The van der Waals surface area contributed by atoms with Crippen LogP contribution in [0.2, 0.25) is 5.02 Å². The number of benzene rings is 2. The molecule has 0 aliphatic carbocycles. The molecule has 0 heterocycles. The first-order chi connectivity index (χ1) is 9.52. The number of ether oxygens (including phenoxy) is 1. The molecule has 2 N–H and O–H groups in total. The van der Waals surface area contributed by atoms with Crippen LogP contribution in [-0.2, 0) is 13.2 Å². The zero-order valence-electron chi connectivity index (χ0n) is 11.5. The average Bonchev–Trinajstić information content (AvgIpc) is 2.42. The Labute approximate surface area is 123 Å². The molecule has 0 aliphatic rings. The van der Waals surface area contributed by atoms with Crippen molar-refractivity contribution in [3.05, 3.63) is 63.4 Å². The Bertz CT molecular complexity index is 605. The van der Waals surface area contributed by atoms with Crippen LogP contribution in [-0.4, -0.2) is 0 Å². The zero-order chi connectivity index (χ0) is 14.7. The number of aryl methyl sites for hydroxylation is 2. The van der Waals surface area contributed by atoms with Gasteiger partial charge in [-0.2, -0.15) is 0 Å². The van der Waals surface area contributed by atoms with Crippen molar-refractivity contribution in [2.45, 2.75) is 27.0 Å². The molecule has 0 fully saturated rings. The third-order valence-electron chi connectivity index (χ3n) is 3.16. The van der Waals surface area contributed by atoms with Gasteiger partial charge in [-0.1, -0.05) is 35.9 Å². The fourth-order valence-corrected chi connectivity index (χ4v) is 2.38. The number of nitrogens with two attached hydrogens (primary N) is 1. The Morgan fingerprint density at radius 1 is 1.20 bits per heavy atom. The van der Waals surface area contributed by atoms with E-state index in [-0.39, 0.29) is 11.6 Å². The van der Waals surface area contributed by atoms with Crippen molar-refractivity contribution in [3.8, 4) is 5.75 Å². The summed E-state index contributed by atoms with van der Waals surface area (Å²) in [5.41, 5.74) is 9.36. The van der Waals surface area contributed by atoms with Gasteiger partial charge in [0.05, 0.1) is 5.02 Å². The highest BCUT2D eigenvalue weighted by atomic mass is 35.5. The van der Waals surface area contributed by atoms with Gasteiger partial charge in [0.25, 0.3) is 0 Å². The Morgan fingerprint density at radius 2 is 1.85 bits per heavy atom. The first-order valence-corrected chi connectivity index (χ1v) is 6.76. The van der Waals surface area contributed by atoms with Crippen molar-refractivity contribution >= 4 is 11.6 Å². The second-order valence-electron chi connectivity index (χ2n) is 4.76. The maximum atomic E-state index is 13.4. The summed E-state index contributed by atoms with van der Waals surface area (Å²) in [7, 11) is 0. The summed E-state index contributed by atoms with van der Waals surface area (Å²) in [6.07, 6.45) is 0. The molecule has 0 aliphatic heterocycles. The molecular weight excluding hydrogens is 277 g/mol. The molecule has 0 amide bonds. The molecule has 0 saturated carbocycles. The molecule has 0 spiro atoms. The van der Waals surface area contributed by atoms with E-state index in [1.165, 1.54) is 6.07 Å². The van der Waals surface area contributed by atoms with Crippen LogP contribution in [0.15, 0.2) is 30.3 Å². The van der Waals surface area contributed by atoms with Crippen molar-refractivity contribution in [1.82, 2.24) is 0 Å². The SMILES string of the molecule is Cc1cc(CN)cc(C)c1OCc1cccc(F)c1Cl. The summed E-state index contributed by atoms with van der Waals surface area (Å²) in [4.78, 5) is 0. The quantitative estimate of drug-likeness (QED) is 0.920. The van der Waals surface area contributed by atoms with Crippen LogP contribution in [0.5, 0.6) is 5.75 Å². The van der Waals surface area contributed by atoms with Crippen molar-refractivity contribution in [3.63, 3.8) is 0 Å². The largest absolute Gasteiger partial charge is 0.488 e. The Balaban J connectivity index is 2.21. The highest BCUT2D eigenvalue weighted by Crippen LogP contribution is 2.27. The van der Waals surface area contributed by atoms with Gasteiger partial charge in [0.2, 0.25) is 0 Å². The second kappa shape index (κ2) is 6.25. The fraction of sp³-hybridized carbons (Fsp3) is 0.250. The van der Waals surface area contributed by atoms with Crippen molar-refractivity contribution in [1.29, 1.82) is 0 Å². The molecule has 2 aromatic carbocycles.